The largest absolute Gasteiger partial charge is 0.497 e. The van der Waals surface area contributed by atoms with Gasteiger partial charge in [0.1, 0.15) is 17.9 Å². The van der Waals surface area contributed by atoms with Crippen LogP contribution in [0.3, 0.4) is 0 Å². The summed E-state index contributed by atoms with van der Waals surface area (Å²) in [4.78, 5) is 42.6. The van der Waals surface area contributed by atoms with Crippen LogP contribution in [0, 0.1) is 0 Å². The number of piperazine rings is 1. The maximum absolute atomic E-state index is 13.0. The molecule has 2 aromatic heterocycles. The van der Waals surface area contributed by atoms with E-state index in [1.165, 1.54) is 0 Å². The number of anilines is 1. The van der Waals surface area contributed by atoms with Gasteiger partial charge in [-0.05, 0) is 36.6 Å². The SMILES string of the molecule is CCCNC(=O)N1CCN(c2ccnc(-n3ccnc3)n2)C(CC(=O)NCCc2ccc(OC)cc2)C1. The highest BCUT2D eigenvalue weighted by atomic mass is 16.5. The summed E-state index contributed by atoms with van der Waals surface area (Å²) in [5.41, 5.74) is 1.12. The van der Waals surface area contributed by atoms with Gasteiger partial charge in [0.2, 0.25) is 11.9 Å². The topological polar surface area (TPSA) is 118 Å². The highest BCUT2D eigenvalue weighted by molar-refractivity contribution is 5.78. The number of amides is 3. The standard InChI is InChI=1S/C26H34N8O3/c1-3-10-30-26(36)32-15-16-34(23-9-12-29-25(31-23)33-14-13-27-19-33)21(18-32)17-24(35)28-11-8-20-4-6-22(37-2)7-5-20/h4-7,9,12-14,19,21H,3,8,10-11,15-18H2,1-2H3,(H,28,35)(H,30,36). The maximum atomic E-state index is 13.0. The Morgan fingerprint density at radius 1 is 1.08 bits per heavy atom. The highest BCUT2D eigenvalue weighted by Gasteiger charge is 2.32. The minimum absolute atomic E-state index is 0.0665. The lowest BCUT2D eigenvalue weighted by molar-refractivity contribution is -0.121. The number of hydrogen-bond acceptors (Lipinski definition) is 7. The summed E-state index contributed by atoms with van der Waals surface area (Å²) in [6, 6.07) is 9.31. The highest BCUT2D eigenvalue weighted by Crippen LogP contribution is 2.21. The number of nitrogens with one attached hydrogen (secondary N) is 2. The van der Waals surface area contributed by atoms with Crippen LogP contribution in [-0.2, 0) is 11.2 Å². The number of rotatable bonds is 10. The lowest BCUT2D eigenvalue weighted by Crippen LogP contribution is -2.58. The second-order valence-electron chi connectivity index (χ2n) is 8.86. The van der Waals surface area contributed by atoms with E-state index >= 15 is 0 Å². The van der Waals surface area contributed by atoms with Crippen molar-refractivity contribution < 1.29 is 14.3 Å². The number of carbonyl (C=O) groups is 2. The third kappa shape index (κ3) is 6.96. The third-order valence-corrected chi connectivity index (χ3v) is 6.27. The van der Waals surface area contributed by atoms with E-state index in [1.807, 2.05) is 37.3 Å². The van der Waals surface area contributed by atoms with Gasteiger partial charge in [-0.1, -0.05) is 19.1 Å². The van der Waals surface area contributed by atoms with Crippen molar-refractivity contribution in [2.75, 3.05) is 44.7 Å². The van der Waals surface area contributed by atoms with Crippen molar-refractivity contribution in [3.8, 4) is 11.7 Å². The number of aromatic nitrogens is 4. The van der Waals surface area contributed by atoms with Gasteiger partial charge in [-0.25, -0.2) is 14.8 Å². The van der Waals surface area contributed by atoms with E-state index < -0.39 is 0 Å². The Kier molecular flexibility index (Phi) is 8.90. The minimum atomic E-state index is -0.229. The molecule has 11 nitrogen and oxygen atoms in total. The van der Waals surface area contributed by atoms with Crippen LogP contribution in [0.1, 0.15) is 25.3 Å². The lowest BCUT2D eigenvalue weighted by Gasteiger charge is -2.41. The molecule has 1 aliphatic rings. The fourth-order valence-electron chi connectivity index (χ4n) is 4.29. The first-order valence-electron chi connectivity index (χ1n) is 12.6. The van der Waals surface area contributed by atoms with Gasteiger partial charge in [-0.3, -0.25) is 9.36 Å². The van der Waals surface area contributed by atoms with Gasteiger partial charge in [-0.2, -0.15) is 4.98 Å². The van der Waals surface area contributed by atoms with Crippen LogP contribution in [0.4, 0.5) is 10.6 Å². The van der Waals surface area contributed by atoms with Crippen molar-refractivity contribution in [1.29, 1.82) is 0 Å². The Morgan fingerprint density at radius 3 is 2.65 bits per heavy atom. The van der Waals surface area contributed by atoms with E-state index in [2.05, 4.69) is 25.5 Å². The number of carbonyl (C=O) groups excluding carboxylic acids is 2. The summed E-state index contributed by atoms with van der Waals surface area (Å²) < 4.78 is 6.93. The molecule has 1 unspecified atom stereocenters. The molecule has 0 radical (unpaired) electrons. The smallest absolute Gasteiger partial charge is 0.317 e. The lowest BCUT2D eigenvalue weighted by atomic mass is 10.1. The molecule has 3 heterocycles. The van der Waals surface area contributed by atoms with Gasteiger partial charge in [-0.15, -0.1) is 0 Å². The Hall–Kier alpha value is -4.15. The van der Waals surface area contributed by atoms with E-state index in [0.717, 1.165) is 24.2 Å². The van der Waals surface area contributed by atoms with Crippen molar-refractivity contribution in [2.24, 2.45) is 0 Å². The van der Waals surface area contributed by atoms with Crippen molar-refractivity contribution >= 4 is 17.8 Å². The van der Waals surface area contributed by atoms with Crippen LogP contribution < -0.4 is 20.3 Å². The van der Waals surface area contributed by atoms with Crippen LogP contribution in [-0.4, -0.2) is 82.2 Å². The summed E-state index contributed by atoms with van der Waals surface area (Å²) in [6.45, 7) is 4.68. The summed E-state index contributed by atoms with van der Waals surface area (Å²) in [7, 11) is 1.64. The molecular formula is C26H34N8O3. The number of ether oxygens (including phenoxy) is 1. The summed E-state index contributed by atoms with van der Waals surface area (Å²) in [6.07, 6.45) is 8.61. The van der Waals surface area contributed by atoms with Gasteiger partial charge in [0.25, 0.3) is 0 Å². The molecule has 1 aromatic carbocycles. The Bertz CT molecular complexity index is 1150. The first-order valence-corrected chi connectivity index (χ1v) is 12.6. The van der Waals surface area contributed by atoms with Crippen molar-refractivity contribution in [1.82, 2.24) is 35.1 Å². The average molecular weight is 507 g/mol. The van der Waals surface area contributed by atoms with Crippen molar-refractivity contribution in [2.45, 2.75) is 32.2 Å². The summed E-state index contributed by atoms with van der Waals surface area (Å²) >= 11 is 0. The zero-order chi connectivity index (χ0) is 26.0. The van der Waals surface area contributed by atoms with Crippen molar-refractivity contribution in [3.05, 3.63) is 60.8 Å². The number of benzene rings is 1. The summed E-state index contributed by atoms with van der Waals surface area (Å²) in [5, 5.41) is 5.97. The van der Waals surface area contributed by atoms with Gasteiger partial charge in [0.15, 0.2) is 0 Å². The molecule has 0 bridgehead atoms. The molecule has 3 amide bonds. The zero-order valence-electron chi connectivity index (χ0n) is 21.3. The van der Waals surface area contributed by atoms with Gasteiger partial charge < -0.3 is 25.2 Å². The Balaban J connectivity index is 1.42. The first kappa shape index (κ1) is 25.9. The first-order chi connectivity index (χ1) is 18.1. The van der Waals surface area contributed by atoms with Crippen LogP contribution in [0.5, 0.6) is 5.75 Å². The van der Waals surface area contributed by atoms with Crippen LogP contribution in [0.25, 0.3) is 5.95 Å². The van der Waals surface area contributed by atoms with Crippen LogP contribution in [0.2, 0.25) is 0 Å². The molecule has 1 fully saturated rings. The van der Waals surface area contributed by atoms with Gasteiger partial charge in [0.05, 0.1) is 13.2 Å². The molecule has 0 saturated carbocycles. The molecule has 1 aliphatic heterocycles. The normalized spacial score (nSPS) is 15.4. The molecule has 11 heteroatoms. The predicted molar refractivity (Wildman–Crippen MR) is 140 cm³/mol. The molecule has 4 rings (SSSR count). The van der Waals surface area contributed by atoms with Crippen molar-refractivity contribution in [3.63, 3.8) is 0 Å². The Labute approximate surface area is 216 Å². The average Bonchev–Trinajstić information content (AvgIpc) is 3.47. The number of nitrogens with zero attached hydrogens (tertiary/aromatic N) is 6. The molecule has 196 valence electrons. The molecule has 2 N–H and O–H groups in total. The van der Waals surface area contributed by atoms with Crippen LogP contribution >= 0.6 is 0 Å². The third-order valence-electron chi connectivity index (χ3n) is 6.27. The van der Waals surface area contributed by atoms with E-state index in [9.17, 15) is 9.59 Å². The summed E-state index contributed by atoms with van der Waals surface area (Å²) in [5.74, 6) is 1.95. The molecule has 37 heavy (non-hydrogen) atoms. The van der Waals surface area contributed by atoms with Crippen LogP contribution in [0.15, 0.2) is 55.2 Å². The van der Waals surface area contributed by atoms with E-state index in [-0.39, 0.29) is 24.4 Å². The molecule has 3 aromatic rings. The molecule has 0 spiro atoms. The van der Waals surface area contributed by atoms with E-state index in [0.29, 0.717) is 44.5 Å². The maximum Gasteiger partial charge on any atom is 0.317 e. The molecular weight excluding hydrogens is 472 g/mol. The van der Waals surface area contributed by atoms with E-state index in [1.54, 1.807) is 41.5 Å². The van der Waals surface area contributed by atoms with E-state index in [4.69, 9.17) is 9.72 Å². The fourth-order valence-corrected chi connectivity index (χ4v) is 4.29. The fraction of sp³-hybridized carbons (Fsp3) is 0.423. The molecule has 1 atom stereocenters. The zero-order valence-corrected chi connectivity index (χ0v) is 21.3. The number of methoxy groups -OCH3 is 1. The van der Waals surface area contributed by atoms with Gasteiger partial charge >= 0.3 is 6.03 Å². The quantitative estimate of drug-likeness (QED) is 0.432. The molecule has 0 aliphatic carbocycles. The second kappa shape index (κ2) is 12.7. The molecule has 1 saturated heterocycles. The number of imidazole rings is 1. The monoisotopic (exact) mass is 506 g/mol. The number of urea groups is 1. The predicted octanol–water partition coefficient (Wildman–Crippen LogP) is 2.03. The Morgan fingerprint density at radius 2 is 1.92 bits per heavy atom. The second-order valence-corrected chi connectivity index (χ2v) is 8.86. The van der Waals surface area contributed by atoms with Gasteiger partial charge in [0, 0.05) is 57.7 Å². The minimum Gasteiger partial charge on any atom is -0.497 e. The number of hydrogen-bond donors (Lipinski definition) is 2.